The molecule has 0 spiro atoms. The Morgan fingerprint density at radius 3 is 2.59 bits per heavy atom. The quantitative estimate of drug-likeness (QED) is 0.544. The number of anilines is 2. The van der Waals surface area contributed by atoms with Gasteiger partial charge in [0.1, 0.15) is 11.6 Å². The maximum Gasteiger partial charge on any atom is 0.337 e. The van der Waals surface area contributed by atoms with Crippen LogP contribution in [0.5, 0.6) is 0 Å². The molecule has 0 aliphatic carbocycles. The molecule has 0 saturated heterocycles. The van der Waals surface area contributed by atoms with Crippen molar-refractivity contribution in [1.82, 2.24) is 9.97 Å². The molecule has 0 fully saturated rings. The number of H-pyrrole nitrogens is 1. The molecule has 0 bridgehead atoms. The molecule has 0 amide bonds. The zero-order valence-electron chi connectivity index (χ0n) is 15.9. The van der Waals surface area contributed by atoms with Crippen LogP contribution in [-0.4, -0.2) is 22.0 Å². The lowest BCUT2D eigenvalue weighted by Crippen LogP contribution is -2.27. The number of benzene rings is 1. The number of nitrogens with zero attached hydrogens (tertiary/aromatic N) is 1. The van der Waals surface area contributed by atoms with Gasteiger partial charge in [0.25, 0.3) is 0 Å². The standard InChI is InChI=1S/C20H24N4O2S/c1-5-12-6-8-13(9-7-12)15-14(19(25)26-10(2)3)11(4)22-18-16(15)17(21)23-20(27)24-18/h6-10,15H,5H2,1-4H3,(H4,21,22,23,24,27). The Balaban J connectivity index is 2.21. The van der Waals surface area contributed by atoms with Crippen LogP contribution in [0.25, 0.3) is 0 Å². The number of nitrogen functional groups attached to an aromatic ring is 1. The van der Waals surface area contributed by atoms with E-state index in [9.17, 15) is 4.79 Å². The summed E-state index contributed by atoms with van der Waals surface area (Å²) < 4.78 is 5.80. The number of rotatable bonds is 4. The van der Waals surface area contributed by atoms with Gasteiger partial charge in [0, 0.05) is 11.3 Å². The van der Waals surface area contributed by atoms with Crippen LogP contribution in [0.15, 0.2) is 35.5 Å². The molecule has 1 unspecified atom stereocenters. The Kier molecular flexibility index (Phi) is 5.32. The third-order valence-corrected chi connectivity index (χ3v) is 4.76. The number of ether oxygens (including phenoxy) is 1. The van der Waals surface area contributed by atoms with Crippen molar-refractivity contribution in [2.75, 3.05) is 11.1 Å². The summed E-state index contributed by atoms with van der Waals surface area (Å²) in [7, 11) is 0. The van der Waals surface area contributed by atoms with Gasteiger partial charge in [0.15, 0.2) is 4.77 Å². The highest BCUT2D eigenvalue weighted by atomic mass is 32.1. The number of esters is 1. The van der Waals surface area contributed by atoms with Crippen LogP contribution >= 0.6 is 12.2 Å². The van der Waals surface area contributed by atoms with E-state index >= 15 is 0 Å². The van der Waals surface area contributed by atoms with Crippen molar-refractivity contribution in [3.63, 3.8) is 0 Å². The molecular weight excluding hydrogens is 360 g/mol. The number of nitrogens with one attached hydrogen (secondary N) is 2. The first-order valence-corrected chi connectivity index (χ1v) is 9.39. The van der Waals surface area contributed by atoms with Crippen molar-refractivity contribution < 1.29 is 9.53 Å². The van der Waals surface area contributed by atoms with Gasteiger partial charge >= 0.3 is 5.97 Å². The SMILES string of the molecule is CCc1ccc(C2C(C(=O)OC(C)C)=C(C)Nc3nc(=S)[nH]c(N)c32)cc1. The van der Waals surface area contributed by atoms with Gasteiger partial charge in [-0.2, -0.15) is 0 Å². The second-order valence-electron chi connectivity index (χ2n) is 6.86. The number of carbonyl (C=O) groups excluding carboxylic acids is 1. The summed E-state index contributed by atoms with van der Waals surface area (Å²) in [5.74, 6) is 0.202. The number of carbonyl (C=O) groups is 1. The highest BCUT2D eigenvalue weighted by Gasteiger charge is 2.36. The molecular formula is C20H24N4O2S. The summed E-state index contributed by atoms with van der Waals surface area (Å²) in [6.07, 6.45) is 0.719. The third kappa shape index (κ3) is 3.73. The smallest absolute Gasteiger partial charge is 0.337 e. The number of hydrogen-bond acceptors (Lipinski definition) is 6. The topological polar surface area (TPSA) is 93.0 Å². The average Bonchev–Trinajstić information content (AvgIpc) is 2.59. The van der Waals surface area contributed by atoms with Gasteiger partial charge in [-0.1, -0.05) is 31.2 Å². The lowest BCUT2D eigenvalue weighted by molar-refractivity contribution is -0.142. The van der Waals surface area contributed by atoms with Crippen LogP contribution in [-0.2, 0) is 16.0 Å². The summed E-state index contributed by atoms with van der Waals surface area (Å²) in [6.45, 7) is 7.60. The van der Waals surface area contributed by atoms with Gasteiger partial charge in [0.2, 0.25) is 0 Å². The van der Waals surface area contributed by atoms with Gasteiger partial charge in [-0.05, 0) is 50.5 Å². The molecule has 0 radical (unpaired) electrons. The third-order valence-electron chi connectivity index (χ3n) is 4.57. The summed E-state index contributed by atoms with van der Waals surface area (Å²) >= 11 is 5.16. The Hall–Kier alpha value is -2.67. The summed E-state index contributed by atoms with van der Waals surface area (Å²) in [4.78, 5) is 20.2. The number of allylic oxidation sites excluding steroid dienone is 1. The van der Waals surface area contributed by atoms with Crippen molar-refractivity contribution in [3.05, 3.63) is 57.0 Å². The Morgan fingerprint density at radius 2 is 2.00 bits per heavy atom. The number of aromatic nitrogens is 2. The summed E-state index contributed by atoms with van der Waals surface area (Å²) in [5.41, 5.74) is 10.3. The van der Waals surface area contributed by atoms with Crippen molar-refractivity contribution in [1.29, 1.82) is 0 Å². The first-order valence-electron chi connectivity index (χ1n) is 8.99. The molecule has 1 aromatic heterocycles. The number of aromatic amines is 1. The predicted octanol–water partition coefficient (Wildman–Crippen LogP) is 4.07. The molecule has 142 valence electrons. The number of nitrogens with two attached hydrogens (primary N) is 1. The van der Waals surface area contributed by atoms with E-state index in [1.807, 2.05) is 32.9 Å². The number of aryl methyl sites for hydroxylation is 1. The molecule has 1 aromatic carbocycles. The van der Waals surface area contributed by atoms with E-state index in [2.05, 4.69) is 34.3 Å². The molecule has 1 atom stereocenters. The second kappa shape index (κ2) is 7.52. The average molecular weight is 385 g/mol. The molecule has 3 rings (SSSR count). The number of hydrogen-bond donors (Lipinski definition) is 3. The monoisotopic (exact) mass is 384 g/mol. The Morgan fingerprint density at radius 1 is 1.33 bits per heavy atom. The fourth-order valence-electron chi connectivity index (χ4n) is 3.32. The minimum Gasteiger partial charge on any atom is -0.460 e. The maximum absolute atomic E-state index is 12.9. The van der Waals surface area contributed by atoms with Gasteiger partial charge in [0.05, 0.1) is 17.6 Å². The van der Waals surface area contributed by atoms with E-state index in [1.54, 1.807) is 0 Å². The molecule has 6 nitrogen and oxygen atoms in total. The normalized spacial score (nSPS) is 16.1. The van der Waals surface area contributed by atoms with E-state index in [0.717, 1.165) is 12.0 Å². The maximum atomic E-state index is 12.9. The minimum atomic E-state index is -0.391. The zero-order chi connectivity index (χ0) is 19.7. The molecule has 2 aromatic rings. The number of fused-ring (bicyclic) bond motifs is 1. The second-order valence-corrected chi connectivity index (χ2v) is 7.25. The van der Waals surface area contributed by atoms with Crippen LogP contribution in [0.4, 0.5) is 11.6 Å². The molecule has 4 N–H and O–H groups in total. The van der Waals surface area contributed by atoms with E-state index in [1.165, 1.54) is 5.56 Å². The van der Waals surface area contributed by atoms with Crippen LogP contribution in [0.3, 0.4) is 0 Å². The molecule has 0 saturated carbocycles. The largest absolute Gasteiger partial charge is 0.460 e. The highest BCUT2D eigenvalue weighted by molar-refractivity contribution is 7.71. The first-order chi connectivity index (χ1) is 12.8. The fourth-order valence-corrected chi connectivity index (χ4v) is 3.52. The van der Waals surface area contributed by atoms with Crippen molar-refractivity contribution in [2.45, 2.75) is 46.1 Å². The van der Waals surface area contributed by atoms with Gasteiger partial charge in [-0.3, -0.25) is 0 Å². The first kappa shape index (κ1) is 19.1. The van der Waals surface area contributed by atoms with Gasteiger partial charge < -0.3 is 20.8 Å². The van der Waals surface area contributed by atoms with Crippen molar-refractivity contribution in [3.8, 4) is 0 Å². The van der Waals surface area contributed by atoms with E-state index < -0.39 is 5.92 Å². The van der Waals surface area contributed by atoms with Crippen LogP contribution in [0.1, 0.15) is 50.3 Å². The van der Waals surface area contributed by atoms with Crippen molar-refractivity contribution >= 4 is 29.8 Å². The molecule has 7 heteroatoms. The molecule has 27 heavy (non-hydrogen) atoms. The van der Waals surface area contributed by atoms with Gasteiger partial charge in [-0.15, -0.1) is 0 Å². The van der Waals surface area contributed by atoms with Crippen LogP contribution in [0.2, 0.25) is 0 Å². The minimum absolute atomic E-state index is 0.223. The molecule has 1 aliphatic rings. The fraction of sp³-hybridized carbons (Fsp3) is 0.350. The lowest BCUT2D eigenvalue weighted by atomic mass is 9.81. The van der Waals surface area contributed by atoms with E-state index in [-0.39, 0.29) is 12.1 Å². The van der Waals surface area contributed by atoms with Crippen LogP contribution in [0, 0.1) is 4.77 Å². The van der Waals surface area contributed by atoms with E-state index in [0.29, 0.717) is 33.2 Å². The summed E-state index contributed by atoms with van der Waals surface area (Å²) in [6, 6.07) is 8.17. The summed E-state index contributed by atoms with van der Waals surface area (Å²) in [5, 5.41) is 3.17. The highest BCUT2D eigenvalue weighted by Crippen LogP contribution is 2.43. The molecule has 2 heterocycles. The van der Waals surface area contributed by atoms with E-state index in [4.69, 9.17) is 22.7 Å². The predicted molar refractivity (Wildman–Crippen MR) is 109 cm³/mol. The van der Waals surface area contributed by atoms with Crippen molar-refractivity contribution in [2.24, 2.45) is 0 Å². The zero-order valence-corrected chi connectivity index (χ0v) is 16.7. The van der Waals surface area contributed by atoms with Crippen LogP contribution < -0.4 is 11.1 Å². The molecule has 1 aliphatic heterocycles. The lowest BCUT2D eigenvalue weighted by Gasteiger charge is -2.30. The van der Waals surface area contributed by atoms with Gasteiger partial charge in [-0.25, -0.2) is 9.78 Å². The Labute approximate surface area is 163 Å². The Bertz CT molecular complexity index is 961.